The third kappa shape index (κ3) is 2.13. The van der Waals surface area contributed by atoms with Crippen LogP contribution in [0.1, 0.15) is 11.3 Å². The van der Waals surface area contributed by atoms with Crippen LogP contribution in [0.2, 0.25) is 0 Å². The summed E-state index contributed by atoms with van der Waals surface area (Å²) in [6, 6.07) is 10.3. The Labute approximate surface area is 97.8 Å². The van der Waals surface area contributed by atoms with Gasteiger partial charge in [-0.25, -0.2) is 4.98 Å². The first kappa shape index (κ1) is 10.8. The van der Waals surface area contributed by atoms with Crippen LogP contribution < -0.4 is 0 Å². The molecule has 1 N–H and O–H groups in total. The summed E-state index contributed by atoms with van der Waals surface area (Å²) >= 11 is 0. The van der Waals surface area contributed by atoms with E-state index in [0.717, 1.165) is 5.56 Å². The summed E-state index contributed by atoms with van der Waals surface area (Å²) in [5.41, 5.74) is 1.93. The second-order valence-corrected chi connectivity index (χ2v) is 3.38. The standard InChI is InChI=1S/C13H7N2O2/c14-6-9-1-3-10(4-2-9)11-5-13(17)12(8-16)15-7-11/h1-5,7,17H. The van der Waals surface area contributed by atoms with Crippen molar-refractivity contribution < 1.29 is 9.90 Å². The topological polar surface area (TPSA) is 74.0 Å². The van der Waals surface area contributed by atoms with E-state index in [1.54, 1.807) is 24.3 Å². The first-order chi connectivity index (χ1) is 8.24. The van der Waals surface area contributed by atoms with Gasteiger partial charge in [0.2, 0.25) is 0 Å². The molecule has 17 heavy (non-hydrogen) atoms. The van der Waals surface area contributed by atoms with Gasteiger partial charge in [0.05, 0.1) is 11.6 Å². The molecule has 2 aromatic rings. The van der Waals surface area contributed by atoms with Crippen molar-refractivity contribution >= 4 is 6.29 Å². The van der Waals surface area contributed by atoms with Crippen molar-refractivity contribution in [3.8, 4) is 22.9 Å². The van der Waals surface area contributed by atoms with Crippen molar-refractivity contribution in [1.29, 1.82) is 5.26 Å². The zero-order valence-corrected chi connectivity index (χ0v) is 8.71. The molecule has 0 fully saturated rings. The van der Waals surface area contributed by atoms with Gasteiger partial charge in [-0.05, 0) is 23.8 Å². The first-order valence-electron chi connectivity index (χ1n) is 4.82. The largest absolute Gasteiger partial charge is 0.506 e. The number of nitrogens with zero attached hydrogens (tertiary/aromatic N) is 2. The quantitative estimate of drug-likeness (QED) is 0.842. The summed E-state index contributed by atoms with van der Waals surface area (Å²) in [7, 11) is 0. The molecule has 1 aromatic heterocycles. The first-order valence-corrected chi connectivity index (χ1v) is 4.82. The molecule has 0 saturated carbocycles. The number of benzene rings is 1. The van der Waals surface area contributed by atoms with Crippen LogP contribution in [0, 0.1) is 11.3 Å². The number of aromatic hydroxyl groups is 1. The second kappa shape index (κ2) is 4.45. The fourth-order valence-electron chi connectivity index (χ4n) is 1.43. The maximum atomic E-state index is 10.4. The molecule has 1 heterocycles. The highest BCUT2D eigenvalue weighted by Crippen LogP contribution is 2.24. The summed E-state index contributed by atoms with van der Waals surface area (Å²) < 4.78 is 0. The van der Waals surface area contributed by atoms with Crippen LogP contribution in [0.15, 0.2) is 36.5 Å². The highest BCUT2D eigenvalue weighted by atomic mass is 16.3. The SMILES string of the molecule is N#Cc1ccc(-c2cnc([C]=O)c(O)c2)cc1. The van der Waals surface area contributed by atoms with E-state index in [0.29, 0.717) is 11.1 Å². The smallest absolute Gasteiger partial charge is 0.257 e. The Bertz CT molecular complexity index is 598. The fourth-order valence-corrected chi connectivity index (χ4v) is 1.43. The lowest BCUT2D eigenvalue weighted by molar-refractivity contribution is 0.469. The zero-order valence-electron chi connectivity index (χ0n) is 8.71. The zero-order chi connectivity index (χ0) is 12.3. The van der Waals surface area contributed by atoms with Crippen molar-refractivity contribution in [1.82, 2.24) is 4.98 Å². The number of pyridine rings is 1. The molecule has 1 aromatic carbocycles. The molecule has 0 aliphatic rings. The van der Waals surface area contributed by atoms with E-state index in [1.807, 2.05) is 6.07 Å². The summed E-state index contributed by atoms with van der Waals surface area (Å²) in [6.45, 7) is 0. The van der Waals surface area contributed by atoms with Gasteiger partial charge in [-0.15, -0.1) is 0 Å². The van der Waals surface area contributed by atoms with Crippen molar-refractivity contribution in [2.24, 2.45) is 0 Å². The molecule has 1 radical (unpaired) electrons. The van der Waals surface area contributed by atoms with Gasteiger partial charge in [0.25, 0.3) is 6.29 Å². The van der Waals surface area contributed by atoms with Crippen molar-refractivity contribution in [3.63, 3.8) is 0 Å². The molecule has 0 atom stereocenters. The van der Waals surface area contributed by atoms with E-state index in [1.165, 1.54) is 18.5 Å². The van der Waals surface area contributed by atoms with Gasteiger partial charge in [-0.1, -0.05) is 12.1 Å². The lowest BCUT2D eigenvalue weighted by Crippen LogP contribution is -1.89. The van der Waals surface area contributed by atoms with Crippen LogP contribution in [0.25, 0.3) is 11.1 Å². The van der Waals surface area contributed by atoms with E-state index < -0.39 is 0 Å². The minimum Gasteiger partial charge on any atom is -0.506 e. The summed E-state index contributed by atoms with van der Waals surface area (Å²) in [5.74, 6) is -0.207. The molecular weight excluding hydrogens is 216 g/mol. The van der Waals surface area contributed by atoms with Crippen LogP contribution in [0.3, 0.4) is 0 Å². The fraction of sp³-hybridized carbons (Fsp3) is 0. The van der Waals surface area contributed by atoms with E-state index in [4.69, 9.17) is 5.26 Å². The normalized spacial score (nSPS) is 9.59. The van der Waals surface area contributed by atoms with Gasteiger partial charge in [0.15, 0.2) is 5.69 Å². The Kier molecular flexibility index (Phi) is 2.84. The minimum absolute atomic E-state index is 0.109. The van der Waals surface area contributed by atoms with Gasteiger partial charge in [0, 0.05) is 11.8 Å². The Morgan fingerprint density at radius 1 is 1.18 bits per heavy atom. The van der Waals surface area contributed by atoms with Crippen LogP contribution >= 0.6 is 0 Å². The number of nitriles is 1. The molecular formula is C13H7N2O2. The molecule has 0 aliphatic heterocycles. The maximum absolute atomic E-state index is 10.4. The molecule has 81 valence electrons. The third-order valence-electron chi connectivity index (χ3n) is 2.31. The van der Waals surface area contributed by atoms with E-state index in [9.17, 15) is 9.90 Å². The minimum atomic E-state index is -0.207. The summed E-state index contributed by atoms with van der Waals surface area (Å²) in [4.78, 5) is 14.2. The molecule has 4 heteroatoms. The highest BCUT2D eigenvalue weighted by molar-refractivity contribution is 5.78. The predicted octanol–water partition coefficient (Wildman–Crippen LogP) is 1.78. The number of hydrogen-bond acceptors (Lipinski definition) is 4. The Hall–Kier alpha value is -2.67. The molecule has 4 nitrogen and oxygen atoms in total. The van der Waals surface area contributed by atoms with Crippen LogP contribution in [0.5, 0.6) is 5.75 Å². The number of hydrogen-bond donors (Lipinski definition) is 1. The number of rotatable bonds is 2. The van der Waals surface area contributed by atoms with E-state index in [-0.39, 0.29) is 11.4 Å². The molecule has 0 spiro atoms. The van der Waals surface area contributed by atoms with E-state index in [2.05, 4.69) is 4.98 Å². The molecule has 2 rings (SSSR count). The van der Waals surface area contributed by atoms with E-state index >= 15 is 0 Å². The maximum Gasteiger partial charge on any atom is 0.257 e. The highest BCUT2D eigenvalue weighted by Gasteiger charge is 2.05. The predicted molar refractivity (Wildman–Crippen MR) is 60.8 cm³/mol. The molecule has 0 saturated heterocycles. The monoisotopic (exact) mass is 223 g/mol. The average molecular weight is 223 g/mol. The molecule has 0 amide bonds. The molecule has 0 bridgehead atoms. The van der Waals surface area contributed by atoms with Crippen molar-refractivity contribution in [2.75, 3.05) is 0 Å². The molecule has 0 unspecified atom stereocenters. The Morgan fingerprint density at radius 3 is 2.41 bits per heavy atom. The Balaban J connectivity index is 2.43. The lowest BCUT2D eigenvalue weighted by atomic mass is 10.1. The van der Waals surface area contributed by atoms with Gasteiger partial charge >= 0.3 is 0 Å². The van der Waals surface area contributed by atoms with Crippen LogP contribution in [-0.2, 0) is 4.79 Å². The number of carbonyl (C=O) groups excluding carboxylic acids is 1. The van der Waals surface area contributed by atoms with Gasteiger partial charge < -0.3 is 5.11 Å². The second-order valence-electron chi connectivity index (χ2n) is 3.38. The van der Waals surface area contributed by atoms with Gasteiger partial charge in [0.1, 0.15) is 5.75 Å². The molecule has 0 aliphatic carbocycles. The average Bonchev–Trinajstić information content (AvgIpc) is 2.39. The third-order valence-corrected chi connectivity index (χ3v) is 2.31. The van der Waals surface area contributed by atoms with Gasteiger partial charge in [-0.3, -0.25) is 4.79 Å². The Morgan fingerprint density at radius 2 is 1.88 bits per heavy atom. The number of aromatic nitrogens is 1. The van der Waals surface area contributed by atoms with Crippen molar-refractivity contribution in [3.05, 3.63) is 47.8 Å². The van der Waals surface area contributed by atoms with Crippen LogP contribution in [-0.4, -0.2) is 16.4 Å². The van der Waals surface area contributed by atoms with Gasteiger partial charge in [-0.2, -0.15) is 5.26 Å². The summed E-state index contributed by atoms with van der Waals surface area (Å²) in [5, 5.41) is 18.1. The summed E-state index contributed by atoms with van der Waals surface area (Å²) in [6.07, 6.45) is 3.01. The van der Waals surface area contributed by atoms with Crippen molar-refractivity contribution in [2.45, 2.75) is 0 Å². The van der Waals surface area contributed by atoms with Crippen LogP contribution in [0.4, 0.5) is 0 Å². The lowest BCUT2D eigenvalue weighted by Gasteiger charge is -2.02.